The van der Waals surface area contributed by atoms with Crippen LogP contribution in [0.15, 0.2) is 47.1 Å². The van der Waals surface area contributed by atoms with Gasteiger partial charge in [-0.3, -0.25) is 9.69 Å². The van der Waals surface area contributed by atoms with Crippen LogP contribution in [0.4, 0.5) is 0 Å². The molecule has 0 saturated carbocycles. The molecule has 0 radical (unpaired) electrons. The first-order valence-corrected chi connectivity index (χ1v) is 11.8. The van der Waals surface area contributed by atoms with Crippen LogP contribution in [-0.2, 0) is 19.5 Å². The van der Waals surface area contributed by atoms with Gasteiger partial charge in [-0.15, -0.1) is 10.2 Å². The van der Waals surface area contributed by atoms with Gasteiger partial charge in [0.25, 0.3) is 5.91 Å². The lowest BCUT2D eigenvalue weighted by atomic mass is 10.0. The Bertz CT molecular complexity index is 1060. The number of benzene rings is 1. The highest BCUT2D eigenvalue weighted by Crippen LogP contribution is 2.23. The van der Waals surface area contributed by atoms with E-state index in [0.29, 0.717) is 11.7 Å². The van der Waals surface area contributed by atoms with Crippen LogP contribution in [0.1, 0.15) is 54.1 Å². The molecule has 3 heterocycles. The molecule has 9 nitrogen and oxygen atoms in total. The molecule has 1 atom stereocenters. The van der Waals surface area contributed by atoms with Crippen molar-refractivity contribution in [2.45, 2.75) is 45.8 Å². The molecular formula is C25H33N5O4. The minimum atomic E-state index is -0.245. The Hall–Kier alpha value is -3.17. The maximum atomic E-state index is 12.7. The summed E-state index contributed by atoms with van der Waals surface area (Å²) in [6.45, 7) is 7.82. The number of aliphatic hydroxyl groups excluding tert-OH is 1. The molecule has 0 unspecified atom stereocenters. The first kappa shape index (κ1) is 24.0. The largest absolute Gasteiger partial charge is 0.491 e. The summed E-state index contributed by atoms with van der Waals surface area (Å²) in [5.41, 5.74) is 1.16. The van der Waals surface area contributed by atoms with Crippen LogP contribution < -0.4 is 10.1 Å². The molecule has 182 valence electrons. The van der Waals surface area contributed by atoms with Gasteiger partial charge in [0, 0.05) is 32.6 Å². The number of rotatable bonds is 10. The molecule has 0 fully saturated rings. The van der Waals surface area contributed by atoms with E-state index in [4.69, 9.17) is 14.3 Å². The van der Waals surface area contributed by atoms with E-state index in [2.05, 4.69) is 44.9 Å². The van der Waals surface area contributed by atoms with Crippen molar-refractivity contribution >= 4 is 5.91 Å². The van der Waals surface area contributed by atoms with Gasteiger partial charge in [0.15, 0.2) is 11.6 Å². The fourth-order valence-corrected chi connectivity index (χ4v) is 4.30. The second-order valence-electron chi connectivity index (χ2n) is 9.00. The van der Waals surface area contributed by atoms with E-state index < -0.39 is 0 Å². The van der Waals surface area contributed by atoms with Crippen molar-refractivity contribution in [1.29, 1.82) is 0 Å². The lowest BCUT2D eigenvalue weighted by molar-refractivity contribution is 0.0900. The summed E-state index contributed by atoms with van der Waals surface area (Å²) in [6, 6.07) is 11.1. The van der Waals surface area contributed by atoms with Crippen molar-refractivity contribution in [1.82, 2.24) is 25.0 Å². The average molecular weight is 468 g/mol. The zero-order valence-corrected chi connectivity index (χ0v) is 19.8. The molecule has 9 heteroatoms. The van der Waals surface area contributed by atoms with Crippen molar-refractivity contribution in [3.63, 3.8) is 0 Å². The fraction of sp³-hybridized carbons (Fsp3) is 0.480. The smallest absolute Gasteiger partial charge is 0.287 e. The molecule has 3 aromatic rings. The van der Waals surface area contributed by atoms with E-state index in [1.54, 1.807) is 12.1 Å². The molecule has 1 aliphatic rings. The molecule has 4 rings (SSSR count). The number of aromatic nitrogens is 3. The SMILES string of the molecule is CC(C)C[C@@H](NC(=O)c1ccco1)c1nnc2n1CCN(Cc1cccc(OCCO)c1)CC2. The second-order valence-corrected chi connectivity index (χ2v) is 9.00. The van der Waals surface area contributed by atoms with E-state index in [9.17, 15) is 4.79 Å². The number of nitrogens with one attached hydrogen (secondary N) is 1. The first-order chi connectivity index (χ1) is 16.5. The van der Waals surface area contributed by atoms with E-state index in [1.165, 1.54) is 6.26 Å². The molecule has 0 saturated heterocycles. The number of carbonyl (C=O) groups is 1. The third-order valence-electron chi connectivity index (χ3n) is 5.88. The number of amides is 1. The number of furan rings is 1. The summed E-state index contributed by atoms with van der Waals surface area (Å²) < 4.78 is 13.0. The number of fused-ring (bicyclic) bond motifs is 1. The van der Waals surface area contributed by atoms with Gasteiger partial charge in [-0.1, -0.05) is 26.0 Å². The minimum absolute atomic E-state index is 0.00203. The Morgan fingerprint density at radius 1 is 1.21 bits per heavy atom. The number of hydrogen-bond acceptors (Lipinski definition) is 7. The van der Waals surface area contributed by atoms with Gasteiger partial charge in [0.1, 0.15) is 18.2 Å². The molecule has 0 aliphatic carbocycles. The molecule has 0 spiro atoms. The van der Waals surface area contributed by atoms with Crippen LogP contribution in [0.3, 0.4) is 0 Å². The summed E-state index contributed by atoms with van der Waals surface area (Å²) >= 11 is 0. The number of aliphatic hydroxyl groups is 1. The van der Waals surface area contributed by atoms with Gasteiger partial charge in [-0.05, 0) is 42.2 Å². The molecule has 2 N–H and O–H groups in total. The van der Waals surface area contributed by atoms with E-state index in [0.717, 1.165) is 62.0 Å². The highest BCUT2D eigenvalue weighted by atomic mass is 16.5. The maximum absolute atomic E-state index is 12.7. The van der Waals surface area contributed by atoms with Gasteiger partial charge in [0.2, 0.25) is 0 Å². The van der Waals surface area contributed by atoms with Gasteiger partial charge >= 0.3 is 0 Å². The van der Waals surface area contributed by atoms with Crippen LogP contribution in [0, 0.1) is 5.92 Å². The fourth-order valence-electron chi connectivity index (χ4n) is 4.30. The molecule has 2 aromatic heterocycles. The monoisotopic (exact) mass is 467 g/mol. The van der Waals surface area contributed by atoms with Crippen molar-refractivity contribution in [2.75, 3.05) is 26.3 Å². The summed E-state index contributed by atoms with van der Waals surface area (Å²) in [7, 11) is 0. The second kappa shape index (κ2) is 11.3. The minimum Gasteiger partial charge on any atom is -0.491 e. The highest BCUT2D eigenvalue weighted by Gasteiger charge is 2.27. The zero-order chi connectivity index (χ0) is 23.9. The topological polar surface area (TPSA) is 106 Å². The zero-order valence-electron chi connectivity index (χ0n) is 19.8. The molecule has 1 aromatic carbocycles. The van der Waals surface area contributed by atoms with Crippen molar-refractivity contribution in [3.05, 3.63) is 65.6 Å². The van der Waals surface area contributed by atoms with E-state index in [-0.39, 0.29) is 25.2 Å². The Morgan fingerprint density at radius 3 is 2.85 bits per heavy atom. The van der Waals surface area contributed by atoms with Crippen LogP contribution >= 0.6 is 0 Å². The van der Waals surface area contributed by atoms with Crippen molar-refractivity contribution in [3.8, 4) is 5.75 Å². The van der Waals surface area contributed by atoms with Gasteiger partial charge in [-0.25, -0.2) is 0 Å². The average Bonchev–Trinajstić information content (AvgIpc) is 3.46. The summed E-state index contributed by atoms with van der Waals surface area (Å²) in [6.07, 6.45) is 3.04. The third-order valence-corrected chi connectivity index (χ3v) is 5.88. The number of ether oxygens (including phenoxy) is 1. The summed E-state index contributed by atoms with van der Waals surface area (Å²) in [5.74, 6) is 2.93. The summed E-state index contributed by atoms with van der Waals surface area (Å²) in [5, 5.41) is 21.0. The molecule has 1 aliphatic heterocycles. The molecule has 34 heavy (non-hydrogen) atoms. The molecule has 1 amide bonds. The predicted molar refractivity (Wildman–Crippen MR) is 126 cm³/mol. The third kappa shape index (κ3) is 6.03. The lowest BCUT2D eigenvalue weighted by Crippen LogP contribution is -2.32. The maximum Gasteiger partial charge on any atom is 0.287 e. The highest BCUT2D eigenvalue weighted by molar-refractivity contribution is 5.91. The first-order valence-electron chi connectivity index (χ1n) is 11.8. The molecule has 0 bridgehead atoms. The Kier molecular flexibility index (Phi) is 7.97. The quantitative estimate of drug-likeness (QED) is 0.472. The number of hydrogen-bond donors (Lipinski definition) is 2. The van der Waals surface area contributed by atoms with Gasteiger partial charge in [-0.2, -0.15) is 0 Å². The predicted octanol–water partition coefficient (Wildman–Crippen LogP) is 2.82. The van der Waals surface area contributed by atoms with Crippen LogP contribution in [0.5, 0.6) is 5.75 Å². The van der Waals surface area contributed by atoms with E-state index >= 15 is 0 Å². The van der Waals surface area contributed by atoms with E-state index in [1.807, 2.05) is 18.2 Å². The van der Waals surface area contributed by atoms with Crippen LogP contribution in [0.25, 0.3) is 0 Å². The van der Waals surface area contributed by atoms with Crippen molar-refractivity contribution in [2.24, 2.45) is 5.92 Å². The number of nitrogens with zero attached hydrogens (tertiary/aromatic N) is 4. The number of carbonyl (C=O) groups excluding carboxylic acids is 1. The Balaban J connectivity index is 1.45. The van der Waals surface area contributed by atoms with Crippen LogP contribution in [-0.4, -0.2) is 57.0 Å². The standard InChI is InChI=1S/C25H33N5O4/c1-18(2)15-21(26-25(32)22-7-4-13-34-22)24-28-27-23-8-9-29(10-11-30(23)24)17-19-5-3-6-20(16-19)33-14-12-31/h3-7,13,16,18,21,31H,8-12,14-15,17H2,1-2H3,(H,26,32)/t21-/m1/s1. The molecular weight excluding hydrogens is 434 g/mol. The Morgan fingerprint density at radius 2 is 2.09 bits per heavy atom. The van der Waals surface area contributed by atoms with Crippen LogP contribution in [0.2, 0.25) is 0 Å². The lowest BCUT2D eigenvalue weighted by Gasteiger charge is -2.22. The van der Waals surface area contributed by atoms with Crippen molar-refractivity contribution < 1.29 is 19.1 Å². The van der Waals surface area contributed by atoms with Gasteiger partial charge in [0.05, 0.1) is 18.9 Å². The normalized spacial score (nSPS) is 15.1. The summed E-state index contributed by atoms with van der Waals surface area (Å²) in [4.78, 5) is 15.1. The van der Waals surface area contributed by atoms with Gasteiger partial charge < -0.3 is 24.1 Å². The Labute approximate surface area is 199 Å².